The van der Waals surface area contributed by atoms with Gasteiger partial charge in [0, 0.05) is 23.7 Å². The summed E-state index contributed by atoms with van der Waals surface area (Å²) >= 11 is 0. The number of amides is 1. The molecule has 134 valence electrons. The van der Waals surface area contributed by atoms with Gasteiger partial charge >= 0.3 is 0 Å². The van der Waals surface area contributed by atoms with Crippen molar-refractivity contribution in [1.29, 1.82) is 0 Å². The van der Waals surface area contributed by atoms with Gasteiger partial charge in [0.25, 0.3) is 5.91 Å². The van der Waals surface area contributed by atoms with Gasteiger partial charge in [-0.2, -0.15) is 5.10 Å². The Morgan fingerprint density at radius 2 is 2.04 bits per heavy atom. The molecule has 7 heteroatoms. The number of aromatic nitrogens is 3. The summed E-state index contributed by atoms with van der Waals surface area (Å²) in [6, 6.07) is 5.83. The van der Waals surface area contributed by atoms with Gasteiger partial charge in [-0.05, 0) is 50.5 Å². The second kappa shape index (κ2) is 6.74. The average molecular weight is 354 g/mol. The molecule has 4 rings (SSSR count). The van der Waals surface area contributed by atoms with Crippen molar-refractivity contribution < 1.29 is 13.7 Å². The van der Waals surface area contributed by atoms with Crippen LogP contribution in [0.5, 0.6) is 0 Å². The van der Waals surface area contributed by atoms with E-state index < -0.39 is 0 Å². The monoisotopic (exact) mass is 354 g/mol. The highest BCUT2D eigenvalue weighted by atomic mass is 19.1. The molecular formula is C19H19FN4O2. The highest BCUT2D eigenvalue weighted by Crippen LogP contribution is 2.24. The molecule has 26 heavy (non-hydrogen) atoms. The predicted octanol–water partition coefficient (Wildman–Crippen LogP) is 3.37. The highest BCUT2D eigenvalue weighted by molar-refractivity contribution is 5.94. The Kier molecular flexibility index (Phi) is 4.28. The van der Waals surface area contributed by atoms with Gasteiger partial charge in [0.15, 0.2) is 5.69 Å². The third-order valence-electron chi connectivity index (χ3n) is 4.71. The van der Waals surface area contributed by atoms with Crippen molar-refractivity contribution in [3.05, 3.63) is 65.1 Å². The zero-order valence-electron chi connectivity index (χ0n) is 14.4. The predicted molar refractivity (Wildman–Crippen MR) is 92.5 cm³/mol. The van der Waals surface area contributed by atoms with Gasteiger partial charge < -0.3 is 9.84 Å². The third-order valence-corrected chi connectivity index (χ3v) is 4.71. The fourth-order valence-electron chi connectivity index (χ4n) is 3.21. The van der Waals surface area contributed by atoms with Crippen molar-refractivity contribution in [2.45, 2.75) is 38.6 Å². The second-order valence-corrected chi connectivity index (χ2v) is 6.53. The Balaban J connectivity index is 1.48. The Morgan fingerprint density at radius 3 is 2.85 bits per heavy atom. The van der Waals surface area contributed by atoms with Crippen LogP contribution < -0.4 is 5.32 Å². The summed E-state index contributed by atoms with van der Waals surface area (Å²) < 4.78 is 20.0. The van der Waals surface area contributed by atoms with Gasteiger partial charge in [-0.1, -0.05) is 5.16 Å². The minimum Gasteiger partial charge on any atom is -0.360 e. The molecule has 2 heterocycles. The molecule has 6 nitrogen and oxygen atoms in total. The minimum atomic E-state index is -0.294. The van der Waals surface area contributed by atoms with Crippen molar-refractivity contribution in [3.63, 3.8) is 0 Å². The molecule has 0 fully saturated rings. The number of hydrogen-bond acceptors (Lipinski definition) is 4. The van der Waals surface area contributed by atoms with Gasteiger partial charge in [-0.25, -0.2) is 9.07 Å². The molecule has 0 saturated heterocycles. The van der Waals surface area contributed by atoms with Gasteiger partial charge in [0.2, 0.25) is 0 Å². The first-order valence-corrected chi connectivity index (χ1v) is 8.70. The third kappa shape index (κ3) is 3.12. The maximum absolute atomic E-state index is 13.0. The lowest BCUT2D eigenvalue weighted by Gasteiger charge is -2.13. The summed E-state index contributed by atoms with van der Waals surface area (Å²) in [6.45, 7) is 1.89. The van der Waals surface area contributed by atoms with E-state index in [0.717, 1.165) is 48.3 Å². The molecule has 1 atom stereocenters. The molecule has 0 aliphatic heterocycles. The molecule has 1 aliphatic carbocycles. The van der Waals surface area contributed by atoms with Gasteiger partial charge in [-0.15, -0.1) is 0 Å². The van der Waals surface area contributed by atoms with Crippen LogP contribution in [-0.4, -0.2) is 20.8 Å². The molecule has 2 aromatic heterocycles. The number of halogens is 1. The van der Waals surface area contributed by atoms with E-state index in [9.17, 15) is 9.18 Å². The van der Waals surface area contributed by atoms with E-state index >= 15 is 0 Å². The number of nitrogens with zero attached hydrogens (tertiary/aromatic N) is 3. The largest absolute Gasteiger partial charge is 0.360 e. The summed E-state index contributed by atoms with van der Waals surface area (Å²) in [6.07, 6.45) is 7.30. The molecule has 0 unspecified atom stereocenters. The van der Waals surface area contributed by atoms with E-state index in [1.807, 2.05) is 13.1 Å². The van der Waals surface area contributed by atoms with Crippen molar-refractivity contribution in [3.8, 4) is 5.69 Å². The molecule has 1 N–H and O–H groups in total. The maximum atomic E-state index is 13.0. The molecule has 1 aromatic carbocycles. The van der Waals surface area contributed by atoms with Crippen LogP contribution in [0.3, 0.4) is 0 Å². The summed E-state index contributed by atoms with van der Waals surface area (Å²) in [5, 5.41) is 11.2. The number of fused-ring (bicyclic) bond motifs is 1. The standard InChI is InChI=1S/C19H19FN4O2/c1-12(13-10-21-24(11-13)15-8-6-14(20)7-9-15)22-19(25)18-16-4-2-3-5-17(16)26-23-18/h6-12H,2-5H2,1H3,(H,22,25)/t12-/m1/s1. The van der Waals surface area contributed by atoms with E-state index in [4.69, 9.17) is 4.52 Å². The lowest BCUT2D eigenvalue weighted by atomic mass is 9.96. The van der Waals surface area contributed by atoms with Crippen molar-refractivity contribution in [2.75, 3.05) is 0 Å². The lowest BCUT2D eigenvalue weighted by Crippen LogP contribution is -2.27. The van der Waals surface area contributed by atoms with Crippen LogP contribution in [0.15, 0.2) is 41.2 Å². The molecule has 1 aliphatic rings. The lowest BCUT2D eigenvalue weighted by molar-refractivity contribution is 0.0930. The van der Waals surface area contributed by atoms with E-state index in [2.05, 4.69) is 15.6 Å². The summed E-state index contributed by atoms with van der Waals surface area (Å²) in [5.41, 5.74) is 2.92. The molecular weight excluding hydrogens is 335 g/mol. The Bertz CT molecular complexity index is 929. The van der Waals surface area contributed by atoms with E-state index in [1.54, 1.807) is 23.0 Å². The Morgan fingerprint density at radius 1 is 1.27 bits per heavy atom. The van der Waals surface area contributed by atoms with Crippen molar-refractivity contribution in [2.24, 2.45) is 0 Å². The van der Waals surface area contributed by atoms with Crippen LogP contribution in [0.4, 0.5) is 4.39 Å². The highest BCUT2D eigenvalue weighted by Gasteiger charge is 2.25. The normalized spacial score (nSPS) is 14.7. The van der Waals surface area contributed by atoms with E-state index in [1.165, 1.54) is 12.1 Å². The number of nitrogens with one attached hydrogen (secondary N) is 1. The van der Waals surface area contributed by atoms with Crippen molar-refractivity contribution in [1.82, 2.24) is 20.3 Å². The van der Waals surface area contributed by atoms with Crippen molar-refractivity contribution >= 4 is 5.91 Å². The fraction of sp³-hybridized carbons (Fsp3) is 0.316. The number of hydrogen-bond donors (Lipinski definition) is 1. The number of carbonyl (C=O) groups is 1. The van der Waals surface area contributed by atoms with Crippen LogP contribution in [0, 0.1) is 5.82 Å². The SMILES string of the molecule is C[C@@H](NC(=O)c1noc2c1CCCC2)c1cnn(-c2ccc(F)cc2)c1. The Hall–Kier alpha value is -2.96. The smallest absolute Gasteiger partial charge is 0.274 e. The zero-order chi connectivity index (χ0) is 18.1. The zero-order valence-corrected chi connectivity index (χ0v) is 14.4. The summed E-state index contributed by atoms with van der Waals surface area (Å²) in [5.74, 6) is 0.301. The minimum absolute atomic E-state index is 0.237. The van der Waals surface area contributed by atoms with E-state index in [0.29, 0.717) is 5.69 Å². The molecule has 1 amide bonds. The first kappa shape index (κ1) is 16.5. The first-order valence-electron chi connectivity index (χ1n) is 8.70. The van der Waals surface area contributed by atoms with Crippen LogP contribution >= 0.6 is 0 Å². The number of benzene rings is 1. The van der Waals surface area contributed by atoms with Crippen LogP contribution in [0.2, 0.25) is 0 Å². The molecule has 3 aromatic rings. The quantitative estimate of drug-likeness (QED) is 0.780. The van der Waals surface area contributed by atoms with Gasteiger partial charge in [0.05, 0.1) is 17.9 Å². The molecule has 0 bridgehead atoms. The number of rotatable bonds is 4. The molecule has 0 radical (unpaired) electrons. The fourth-order valence-corrected chi connectivity index (χ4v) is 3.21. The summed E-state index contributed by atoms with van der Waals surface area (Å²) in [4.78, 5) is 12.6. The maximum Gasteiger partial charge on any atom is 0.274 e. The number of aryl methyl sites for hydroxylation is 1. The van der Waals surface area contributed by atoms with Gasteiger partial charge in [-0.3, -0.25) is 4.79 Å². The van der Waals surface area contributed by atoms with Crippen LogP contribution in [0.25, 0.3) is 5.69 Å². The molecule has 0 spiro atoms. The number of carbonyl (C=O) groups excluding carboxylic acids is 1. The second-order valence-electron chi connectivity index (χ2n) is 6.53. The molecule has 0 saturated carbocycles. The van der Waals surface area contributed by atoms with E-state index in [-0.39, 0.29) is 17.8 Å². The van der Waals surface area contributed by atoms with Gasteiger partial charge in [0.1, 0.15) is 11.6 Å². The van der Waals surface area contributed by atoms with Crippen LogP contribution in [-0.2, 0) is 12.8 Å². The van der Waals surface area contributed by atoms with Crippen LogP contribution in [0.1, 0.15) is 53.2 Å². The topological polar surface area (TPSA) is 73.0 Å². The average Bonchev–Trinajstić information content (AvgIpc) is 3.30. The summed E-state index contributed by atoms with van der Waals surface area (Å²) in [7, 11) is 0. The Labute approximate surface area is 150 Å². The first-order chi connectivity index (χ1) is 12.6.